The van der Waals surface area contributed by atoms with Crippen molar-refractivity contribution in [1.82, 2.24) is 0 Å². The third-order valence-corrected chi connectivity index (χ3v) is 1.69. The fourth-order valence-electron chi connectivity index (χ4n) is 1.07. The van der Waals surface area contributed by atoms with Crippen LogP contribution in [0.25, 0.3) is 0 Å². The lowest BCUT2D eigenvalue weighted by atomic mass is 10.2. The molecule has 0 aliphatic heterocycles. The van der Waals surface area contributed by atoms with Gasteiger partial charge in [0.05, 0.1) is 5.30 Å². The fourth-order valence-corrected chi connectivity index (χ4v) is 1.71. The van der Waals surface area contributed by atoms with Crippen LogP contribution < -0.4 is 5.30 Å². The van der Waals surface area contributed by atoms with Gasteiger partial charge >= 0.3 is 7.25 Å². The van der Waals surface area contributed by atoms with Crippen LogP contribution in [0.4, 0.5) is 17.3 Å². The van der Waals surface area contributed by atoms with Crippen LogP contribution in [0.3, 0.4) is 0 Å². The van der Waals surface area contributed by atoms with Gasteiger partial charge in [-0.2, -0.15) is 0 Å². The van der Waals surface area contributed by atoms with Crippen LogP contribution in [0, 0.1) is 13.8 Å². The van der Waals surface area contributed by atoms with E-state index in [1.807, 2.05) is 9.24 Å². The van der Waals surface area contributed by atoms with Crippen molar-refractivity contribution in [2.45, 2.75) is 13.8 Å². The van der Waals surface area contributed by atoms with Crippen LogP contribution >= 0.6 is 9.24 Å². The Kier molecular flexibility index (Phi) is 5.13. The molecule has 0 nitrogen and oxygen atoms in total. The molecule has 0 amide bonds. The maximum Gasteiger partial charge on any atom is 0.673 e. The summed E-state index contributed by atoms with van der Waals surface area (Å²) in [7, 11) is -4.07. The molecule has 0 saturated heterocycles. The predicted octanol–water partition coefficient (Wildman–Crippen LogP) is 2.84. The molecule has 1 rings (SSSR count). The second-order valence-corrected chi connectivity index (χ2v) is 3.81. The standard InChI is InChI=1S/C8H11P.BF4/c1-6-3-7(2)5-8(9)4-6;2-1(3,4)5/h3-5H,9H2,1-2H3;/q;-1/p+1. The fraction of sp³-hybridized carbons (Fsp3) is 0.250. The third-order valence-electron chi connectivity index (χ3n) is 1.28. The summed E-state index contributed by atoms with van der Waals surface area (Å²) in [6.45, 7) is 4.26. The van der Waals surface area contributed by atoms with Gasteiger partial charge in [0.1, 0.15) is 0 Å². The van der Waals surface area contributed by atoms with E-state index in [4.69, 9.17) is 0 Å². The second kappa shape index (κ2) is 5.35. The molecule has 0 saturated carbocycles. The van der Waals surface area contributed by atoms with Gasteiger partial charge in [0, 0.05) is 9.24 Å². The molecule has 0 spiro atoms. The molecule has 0 aliphatic carbocycles. The highest BCUT2D eigenvalue weighted by Crippen LogP contribution is 2.06. The van der Waals surface area contributed by atoms with E-state index in [0.717, 1.165) is 0 Å². The number of aryl methyl sites for hydroxylation is 2. The van der Waals surface area contributed by atoms with Gasteiger partial charge in [-0.25, -0.2) is 0 Å². The molecule has 0 radical (unpaired) electrons. The lowest BCUT2D eigenvalue weighted by molar-refractivity contribution is 0.368. The third kappa shape index (κ3) is 9.52. The van der Waals surface area contributed by atoms with E-state index in [1.54, 1.807) is 0 Å². The number of benzene rings is 1. The molecule has 6 heteroatoms. The summed E-state index contributed by atoms with van der Waals surface area (Å²) in [5, 5.41) is 1.38. The van der Waals surface area contributed by atoms with Crippen LogP contribution in [-0.2, 0) is 0 Å². The summed E-state index contributed by atoms with van der Waals surface area (Å²) in [5.41, 5.74) is 2.72. The lowest BCUT2D eigenvalue weighted by Gasteiger charge is -1.94. The second-order valence-electron chi connectivity index (χ2n) is 2.99. The minimum atomic E-state index is -6.00. The van der Waals surface area contributed by atoms with E-state index < -0.39 is 7.25 Å². The zero-order valence-corrected chi connectivity index (χ0v) is 9.44. The Morgan fingerprint density at radius 3 is 1.43 bits per heavy atom. The maximum absolute atomic E-state index is 9.75. The Morgan fingerprint density at radius 1 is 0.929 bits per heavy atom. The number of halogens is 4. The van der Waals surface area contributed by atoms with Crippen molar-refractivity contribution in [3.63, 3.8) is 0 Å². The average Bonchev–Trinajstić information content (AvgIpc) is 1.77. The van der Waals surface area contributed by atoms with Crippen LogP contribution in [0.5, 0.6) is 0 Å². The van der Waals surface area contributed by atoms with Crippen LogP contribution in [0.15, 0.2) is 18.2 Å². The molecule has 1 aromatic rings. The van der Waals surface area contributed by atoms with E-state index in [2.05, 4.69) is 32.0 Å². The normalized spacial score (nSPS) is 10.7. The highest BCUT2D eigenvalue weighted by molar-refractivity contribution is 7.27. The Hall–Kier alpha value is -0.565. The number of hydrogen-bond acceptors (Lipinski definition) is 0. The monoisotopic (exact) mass is 226 g/mol. The SMILES string of the molecule is Cc1cc(C)cc([PH3+])c1.F[B-](F)(F)F. The van der Waals surface area contributed by atoms with Crippen molar-refractivity contribution in [1.29, 1.82) is 0 Å². The highest BCUT2D eigenvalue weighted by atomic mass is 31.0. The van der Waals surface area contributed by atoms with Gasteiger partial charge in [0.25, 0.3) is 0 Å². The quantitative estimate of drug-likeness (QED) is 0.362. The minimum Gasteiger partial charge on any atom is -0.418 e. The first-order valence-corrected chi connectivity index (χ1v) is 4.67. The molecule has 1 atom stereocenters. The van der Waals surface area contributed by atoms with Crippen LogP contribution in [-0.4, -0.2) is 7.25 Å². The molecule has 0 aromatic heterocycles. The molecule has 0 fully saturated rings. The first-order chi connectivity index (χ1) is 6.18. The molecule has 0 heterocycles. The highest BCUT2D eigenvalue weighted by Gasteiger charge is 2.20. The smallest absolute Gasteiger partial charge is 0.418 e. The molecular weight excluding hydrogens is 214 g/mol. The summed E-state index contributed by atoms with van der Waals surface area (Å²) in [5.74, 6) is 0. The van der Waals surface area contributed by atoms with Gasteiger partial charge in [-0.1, -0.05) is 6.07 Å². The summed E-state index contributed by atoms with van der Waals surface area (Å²) in [6, 6.07) is 6.59. The van der Waals surface area contributed by atoms with Gasteiger partial charge in [-0.3, -0.25) is 0 Å². The summed E-state index contributed by atoms with van der Waals surface area (Å²) in [4.78, 5) is 0. The summed E-state index contributed by atoms with van der Waals surface area (Å²) in [6.07, 6.45) is 0. The van der Waals surface area contributed by atoms with Crippen molar-refractivity contribution in [2.24, 2.45) is 0 Å². The Labute approximate surface area is 83.0 Å². The lowest BCUT2D eigenvalue weighted by Crippen LogP contribution is -2.02. The average molecular weight is 226 g/mol. The predicted molar refractivity (Wildman–Crippen MR) is 56.8 cm³/mol. The Balaban J connectivity index is 0.000000292. The van der Waals surface area contributed by atoms with Gasteiger partial charge in [-0.15, -0.1) is 0 Å². The minimum absolute atomic E-state index is 1.36. The van der Waals surface area contributed by atoms with E-state index in [0.29, 0.717) is 0 Å². The van der Waals surface area contributed by atoms with Crippen molar-refractivity contribution >= 4 is 21.8 Å². The van der Waals surface area contributed by atoms with Crippen molar-refractivity contribution in [3.05, 3.63) is 29.3 Å². The van der Waals surface area contributed by atoms with Gasteiger partial charge in [0.15, 0.2) is 0 Å². The van der Waals surface area contributed by atoms with Gasteiger partial charge in [-0.05, 0) is 37.1 Å². The van der Waals surface area contributed by atoms with E-state index in [-0.39, 0.29) is 0 Å². The molecule has 1 aromatic carbocycles. The zero-order chi connectivity index (χ0) is 11.4. The summed E-state index contributed by atoms with van der Waals surface area (Å²) < 4.78 is 39.0. The molecule has 1 unspecified atom stereocenters. The van der Waals surface area contributed by atoms with E-state index in [1.165, 1.54) is 16.4 Å². The molecule has 0 aliphatic rings. The molecule has 0 N–H and O–H groups in total. The van der Waals surface area contributed by atoms with Gasteiger partial charge in [0.2, 0.25) is 0 Å². The van der Waals surface area contributed by atoms with E-state index in [9.17, 15) is 17.3 Å². The van der Waals surface area contributed by atoms with Crippen molar-refractivity contribution < 1.29 is 17.3 Å². The molecule has 80 valence electrons. The largest absolute Gasteiger partial charge is 0.673 e. The van der Waals surface area contributed by atoms with Crippen LogP contribution in [0.1, 0.15) is 11.1 Å². The Bertz CT molecular complexity index is 241. The number of hydrogen-bond donors (Lipinski definition) is 0. The molecule has 14 heavy (non-hydrogen) atoms. The van der Waals surface area contributed by atoms with Gasteiger partial charge < -0.3 is 17.3 Å². The maximum atomic E-state index is 9.75. The number of rotatable bonds is 0. The van der Waals surface area contributed by atoms with Crippen LogP contribution in [0.2, 0.25) is 0 Å². The molecule has 0 bridgehead atoms. The molecular formula is C8H12BF4P. The van der Waals surface area contributed by atoms with Crippen molar-refractivity contribution in [3.8, 4) is 0 Å². The van der Waals surface area contributed by atoms with E-state index >= 15 is 0 Å². The first kappa shape index (κ1) is 13.4. The van der Waals surface area contributed by atoms with Crippen molar-refractivity contribution in [2.75, 3.05) is 0 Å². The first-order valence-electron chi connectivity index (χ1n) is 3.96. The zero-order valence-electron chi connectivity index (χ0n) is 8.03. The Morgan fingerprint density at radius 2 is 1.21 bits per heavy atom. The summed E-state index contributed by atoms with van der Waals surface area (Å²) >= 11 is 0. The topological polar surface area (TPSA) is 0 Å².